The summed E-state index contributed by atoms with van der Waals surface area (Å²) >= 11 is 0. The fraction of sp³-hybridized carbons (Fsp3) is 0.211. The van der Waals surface area contributed by atoms with E-state index in [1.807, 2.05) is 60.0 Å². The van der Waals surface area contributed by atoms with Crippen LogP contribution in [0.1, 0.15) is 18.4 Å². The van der Waals surface area contributed by atoms with Crippen LogP contribution in [0.3, 0.4) is 0 Å². The van der Waals surface area contributed by atoms with Gasteiger partial charge >= 0.3 is 0 Å². The molecule has 0 amide bonds. The van der Waals surface area contributed by atoms with Crippen LogP contribution in [0.5, 0.6) is 0 Å². The predicted octanol–water partition coefficient (Wildman–Crippen LogP) is 3.25. The third-order valence-electron chi connectivity index (χ3n) is 4.07. The first kappa shape index (κ1) is 18.2. The van der Waals surface area contributed by atoms with Crippen LogP contribution in [-0.4, -0.2) is 30.8 Å². The monoisotopic (exact) mass is 371 g/mol. The predicted molar refractivity (Wildman–Crippen MR) is 103 cm³/mol. The van der Waals surface area contributed by atoms with Crippen molar-refractivity contribution < 1.29 is 12.8 Å². The molecule has 0 bridgehead atoms. The van der Waals surface area contributed by atoms with Crippen molar-refractivity contribution in [3.8, 4) is 11.3 Å². The Morgan fingerprint density at radius 1 is 1.23 bits per heavy atom. The number of allylic oxidation sites excluding steroid dienone is 1. The smallest absolute Gasteiger partial charge is 0.213 e. The average molecular weight is 371 g/mol. The third-order valence-corrected chi connectivity index (χ3v) is 5.41. The maximum Gasteiger partial charge on any atom is 0.213 e. The second-order valence-corrected chi connectivity index (χ2v) is 7.91. The third kappa shape index (κ3) is 4.12. The molecule has 0 saturated carbocycles. The van der Waals surface area contributed by atoms with Crippen LogP contribution in [0.15, 0.2) is 59.5 Å². The van der Waals surface area contributed by atoms with E-state index < -0.39 is 10.0 Å². The van der Waals surface area contributed by atoms with E-state index in [-0.39, 0.29) is 5.75 Å². The highest BCUT2D eigenvalue weighted by atomic mass is 32.2. The number of nitrogens with zero attached hydrogens (tertiary/aromatic N) is 2. The highest BCUT2D eigenvalue weighted by molar-refractivity contribution is 7.89. The lowest BCUT2D eigenvalue weighted by molar-refractivity contribution is 0.557. The van der Waals surface area contributed by atoms with Gasteiger partial charge in [0.2, 0.25) is 10.0 Å². The molecule has 0 saturated heterocycles. The van der Waals surface area contributed by atoms with Gasteiger partial charge in [-0.2, -0.15) is 0 Å². The molecule has 0 aliphatic heterocycles. The van der Waals surface area contributed by atoms with Gasteiger partial charge in [-0.25, -0.2) is 18.1 Å². The van der Waals surface area contributed by atoms with Gasteiger partial charge in [0.05, 0.1) is 29.7 Å². The first-order valence-corrected chi connectivity index (χ1v) is 9.89. The van der Waals surface area contributed by atoms with Gasteiger partial charge < -0.3 is 8.98 Å². The van der Waals surface area contributed by atoms with Gasteiger partial charge in [-0.3, -0.25) is 0 Å². The molecule has 136 valence electrons. The summed E-state index contributed by atoms with van der Waals surface area (Å²) in [4.78, 5) is 4.54. The van der Waals surface area contributed by atoms with Crippen molar-refractivity contribution in [2.24, 2.45) is 0 Å². The van der Waals surface area contributed by atoms with Crippen LogP contribution >= 0.6 is 0 Å². The van der Waals surface area contributed by atoms with E-state index >= 15 is 0 Å². The van der Waals surface area contributed by atoms with Crippen molar-refractivity contribution in [2.45, 2.75) is 13.5 Å². The molecule has 0 atom stereocenters. The van der Waals surface area contributed by atoms with Crippen LogP contribution in [0.25, 0.3) is 22.9 Å². The SMILES string of the molecule is CNS(=O)(=O)CCn1cnc(-c2ccccc2)c1C(C)=Cc1ccco1. The van der Waals surface area contributed by atoms with E-state index in [9.17, 15) is 8.42 Å². The Morgan fingerprint density at radius 2 is 2.00 bits per heavy atom. The molecule has 1 N–H and O–H groups in total. The van der Waals surface area contributed by atoms with Gasteiger partial charge in [0.25, 0.3) is 0 Å². The maximum absolute atomic E-state index is 11.8. The first-order chi connectivity index (χ1) is 12.5. The van der Waals surface area contributed by atoms with Gasteiger partial charge in [0.15, 0.2) is 0 Å². The molecular formula is C19H21N3O3S. The molecule has 0 unspecified atom stereocenters. The number of furan rings is 1. The number of sulfonamides is 1. The Bertz CT molecular complexity index is 988. The normalized spacial score (nSPS) is 12.5. The minimum atomic E-state index is -3.30. The topological polar surface area (TPSA) is 77.1 Å². The van der Waals surface area contributed by atoms with Crippen molar-refractivity contribution in [1.29, 1.82) is 0 Å². The molecule has 0 aliphatic rings. The van der Waals surface area contributed by atoms with Gasteiger partial charge in [-0.1, -0.05) is 30.3 Å². The van der Waals surface area contributed by atoms with Crippen LogP contribution in [0.4, 0.5) is 0 Å². The summed E-state index contributed by atoms with van der Waals surface area (Å²) < 4.78 is 33.2. The zero-order valence-electron chi connectivity index (χ0n) is 14.7. The van der Waals surface area contributed by atoms with Crippen LogP contribution in [-0.2, 0) is 16.6 Å². The number of aromatic nitrogens is 2. The molecule has 3 rings (SSSR count). The lowest BCUT2D eigenvalue weighted by Crippen LogP contribution is -2.24. The molecule has 1 aromatic carbocycles. The second kappa shape index (κ2) is 7.72. The summed E-state index contributed by atoms with van der Waals surface area (Å²) in [6, 6.07) is 13.5. The number of nitrogens with one attached hydrogen (secondary N) is 1. The fourth-order valence-electron chi connectivity index (χ4n) is 2.75. The van der Waals surface area contributed by atoms with Gasteiger partial charge in [-0.05, 0) is 37.8 Å². The summed E-state index contributed by atoms with van der Waals surface area (Å²) in [7, 11) is -1.88. The number of hydrogen-bond donors (Lipinski definition) is 1. The summed E-state index contributed by atoms with van der Waals surface area (Å²) in [5, 5.41) is 0. The highest BCUT2D eigenvalue weighted by Gasteiger charge is 2.16. The molecule has 2 heterocycles. The van der Waals surface area contributed by atoms with E-state index in [1.54, 1.807) is 12.6 Å². The van der Waals surface area contributed by atoms with Crippen molar-refractivity contribution in [3.05, 3.63) is 66.5 Å². The van der Waals surface area contributed by atoms with E-state index in [2.05, 4.69) is 9.71 Å². The molecule has 2 aromatic heterocycles. The van der Waals surface area contributed by atoms with Crippen LogP contribution in [0.2, 0.25) is 0 Å². The number of rotatable bonds is 7. The van der Waals surface area contributed by atoms with Crippen molar-refractivity contribution in [3.63, 3.8) is 0 Å². The zero-order chi connectivity index (χ0) is 18.6. The van der Waals surface area contributed by atoms with Crippen molar-refractivity contribution in [2.75, 3.05) is 12.8 Å². The largest absolute Gasteiger partial charge is 0.465 e. The van der Waals surface area contributed by atoms with E-state index in [4.69, 9.17) is 4.42 Å². The quantitative estimate of drug-likeness (QED) is 0.692. The Labute approximate surface area is 153 Å². The van der Waals surface area contributed by atoms with Crippen molar-refractivity contribution >= 4 is 21.7 Å². The lowest BCUT2D eigenvalue weighted by atomic mass is 10.1. The van der Waals surface area contributed by atoms with Crippen LogP contribution < -0.4 is 4.72 Å². The maximum atomic E-state index is 11.8. The summed E-state index contributed by atoms with van der Waals surface area (Å²) in [6.07, 6.45) is 5.23. The lowest BCUT2D eigenvalue weighted by Gasteiger charge is -2.11. The van der Waals surface area contributed by atoms with Crippen LogP contribution in [0, 0.1) is 0 Å². The zero-order valence-corrected chi connectivity index (χ0v) is 15.5. The minimum Gasteiger partial charge on any atom is -0.465 e. The molecule has 26 heavy (non-hydrogen) atoms. The Morgan fingerprint density at radius 3 is 2.65 bits per heavy atom. The molecule has 0 aliphatic carbocycles. The molecule has 3 aromatic rings. The first-order valence-electron chi connectivity index (χ1n) is 8.24. The average Bonchev–Trinajstić information content (AvgIpc) is 3.30. The standard InChI is InChI=1S/C19H21N3O3S/c1-15(13-17-9-6-11-25-17)19-18(16-7-4-3-5-8-16)21-14-22(19)10-12-26(23,24)20-2/h3-9,11,13-14,20H,10,12H2,1-2H3. The fourth-order valence-corrected chi connectivity index (χ4v) is 3.39. The van der Waals surface area contributed by atoms with Gasteiger partial charge in [0, 0.05) is 12.1 Å². The molecular weight excluding hydrogens is 350 g/mol. The molecule has 0 radical (unpaired) electrons. The number of aryl methyl sites for hydroxylation is 1. The summed E-state index contributed by atoms with van der Waals surface area (Å²) in [5.41, 5.74) is 3.61. The van der Waals surface area contributed by atoms with E-state index in [0.29, 0.717) is 6.54 Å². The Hall–Kier alpha value is -2.64. The molecule has 7 heteroatoms. The highest BCUT2D eigenvalue weighted by Crippen LogP contribution is 2.29. The molecule has 0 fully saturated rings. The summed E-state index contributed by atoms with van der Waals surface area (Å²) in [5.74, 6) is 0.715. The number of hydrogen-bond acceptors (Lipinski definition) is 4. The van der Waals surface area contributed by atoms with Crippen molar-refractivity contribution in [1.82, 2.24) is 14.3 Å². The minimum absolute atomic E-state index is 0.0187. The van der Waals surface area contributed by atoms with Gasteiger partial charge in [0.1, 0.15) is 5.76 Å². The van der Waals surface area contributed by atoms with E-state index in [0.717, 1.165) is 28.3 Å². The number of benzene rings is 1. The Kier molecular flexibility index (Phi) is 5.39. The molecule has 6 nitrogen and oxygen atoms in total. The summed E-state index contributed by atoms with van der Waals surface area (Å²) in [6.45, 7) is 2.27. The molecule has 0 spiro atoms. The van der Waals surface area contributed by atoms with E-state index in [1.165, 1.54) is 7.05 Å². The second-order valence-electron chi connectivity index (χ2n) is 5.87. The number of imidazole rings is 1. The van der Waals surface area contributed by atoms with Gasteiger partial charge in [-0.15, -0.1) is 0 Å². The Balaban J connectivity index is 2.04.